The van der Waals surface area contributed by atoms with Crippen LogP contribution in [0.3, 0.4) is 0 Å². The van der Waals surface area contributed by atoms with E-state index >= 15 is 0 Å². The van der Waals surface area contributed by atoms with Crippen molar-refractivity contribution in [1.82, 2.24) is 5.32 Å². The summed E-state index contributed by atoms with van der Waals surface area (Å²) in [5.41, 5.74) is 1.26. The van der Waals surface area contributed by atoms with E-state index in [1.807, 2.05) is 29.6 Å². The van der Waals surface area contributed by atoms with Gasteiger partial charge in [-0.1, -0.05) is 36.4 Å². The smallest absolute Gasteiger partial charge is 0.253 e. The Morgan fingerprint density at radius 3 is 2.70 bits per heavy atom. The maximum atomic E-state index is 12.6. The summed E-state index contributed by atoms with van der Waals surface area (Å²) in [5, 5.41) is 5.58. The molecule has 0 aliphatic carbocycles. The number of fused-ring (bicyclic) bond motifs is 2. The summed E-state index contributed by atoms with van der Waals surface area (Å²) in [5.74, 6) is -0.320. The first-order valence-electron chi connectivity index (χ1n) is 7.15. The van der Waals surface area contributed by atoms with E-state index in [9.17, 15) is 13.2 Å². The minimum absolute atomic E-state index is 0.0832. The highest BCUT2D eigenvalue weighted by atomic mass is 32.2. The maximum absolute atomic E-state index is 12.6. The van der Waals surface area contributed by atoms with E-state index < -0.39 is 15.9 Å². The number of rotatable bonds is 2. The number of thiophene rings is 1. The van der Waals surface area contributed by atoms with E-state index in [-0.39, 0.29) is 11.7 Å². The van der Waals surface area contributed by atoms with Crippen LogP contribution in [0.4, 0.5) is 0 Å². The van der Waals surface area contributed by atoms with Crippen molar-refractivity contribution in [1.29, 1.82) is 0 Å². The van der Waals surface area contributed by atoms with Gasteiger partial charge in [-0.2, -0.15) is 0 Å². The van der Waals surface area contributed by atoms with Gasteiger partial charge >= 0.3 is 0 Å². The summed E-state index contributed by atoms with van der Waals surface area (Å²) >= 11 is 1.51. The number of hydrogen-bond acceptors (Lipinski definition) is 4. The van der Waals surface area contributed by atoms with Crippen molar-refractivity contribution in [2.24, 2.45) is 0 Å². The van der Waals surface area contributed by atoms with Crippen molar-refractivity contribution < 1.29 is 13.2 Å². The van der Waals surface area contributed by atoms with Crippen LogP contribution in [-0.2, 0) is 9.84 Å². The lowest BCUT2D eigenvalue weighted by Crippen LogP contribution is -2.29. The fourth-order valence-corrected chi connectivity index (χ4v) is 5.64. The SMILES string of the molecule is O=C(N[C@@H]1CS(=O)(=O)c2ccccc21)c1csc2ccccc12. The monoisotopic (exact) mass is 343 g/mol. The molecule has 3 aromatic rings. The Bertz CT molecular complexity index is 1020. The zero-order chi connectivity index (χ0) is 16.0. The summed E-state index contributed by atoms with van der Waals surface area (Å²) in [6, 6.07) is 14.0. The molecule has 4 rings (SSSR count). The van der Waals surface area contributed by atoms with E-state index in [0.29, 0.717) is 16.0 Å². The molecule has 0 radical (unpaired) electrons. The summed E-state index contributed by atoms with van der Waals surface area (Å²) in [6.45, 7) is 0. The van der Waals surface area contributed by atoms with Crippen LogP contribution in [0.15, 0.2) is 58.8 Å². The van der Waals surface area contributed by atoms with E-state index in [2.05, 4.69) is 5.32 Å². The number of nitrogens with one attached hydrogen (secondary N) is 1. The van der Waals surface area contributed by atoms with Crippen molar-refractivity contribution in [3.8, 4) is 0 Å². The maximum Gasteiger partial charge on any atom is 0.253 e. The number of sulfone groups is 1. The third kappa shape index (κ3) is 2.34. The molecule has 1 aliphatic heterocycles. The summed E-state index contributed by atoms with van der Waals surface area (Å²) in [6.07, 6.45) is 0. The molecule has 23 heavy (non-hydrogen) atoms. The largest absolute Gasteiger partial charge is 0.344 e. The second kappa shape index (κ2) is 5.18. The molecule has 4 nitrogen and oxygen atoms in total. The lowest BCUT2D eigenvalue weighted by Gasteiger charge is -2.12. The molecule has 6 heteroatoms. The van der Waals surface area contributed by atoms with Gasteiger partial charge in [0.1, 0.15) is 0 Å². The van der Waals surface area contributed by atoms with Crippen LogP contribution in [0.5, 0.6) is 0 Å². The number of amides is 1. The van der Waals surface area contributed by atoms with E-state index in [4.69, 9.17) is 0 Å². The fraction of sp³-hybridized carbons (Fsp3) is 0.118. The van der Waals surface area contributed by atoms with Crippen LogP contribution in [0, 0.1) is 0 Å². The molecule has 1 N–H and O–H groups in total. The molecule has 116 valence electrons. The highest BCUT2D eigenvalue weighted by molar-refractivity contribution is 7.91. The Hall–Kier alpha value is -2.18. The van der Waals surface area contributed by atoms with Gasteiger partial charge in [-0.25, -0.2) is 8.42 Å². The molecule has 2 aromatic carbocycles. The Labute approximate surface area is 137 Å². The van der Waals surface area contributed by atoms with Crippen molar-refractivity contribution in [3.63, 3.8) is 0 Å². The molecule has 1 atom stereocenters. The molecule has 1 amide bonds. The quantitative estimate of drug-likeness (QED) is 0.777. The van der Waals surface area contributed by atoms with Gasteiger partial charge in [0.2, 0.25) is 0 Å². The van der Waals surface area contributed by atoms with E-state index in [1.54, 1.807) is 24.3 Å². The standard InChI is InChI=1S/C17H13NO3S2/c19-17(13-9-22-15-7-3-1-5-11(13)15)18-14-10-23(20,21)16-8-4-2-6-12(14)16/h1-9,14H,10H2,(H,18,19)/t14-/m1/s1. The molecule has 1 aliphatic rings. The average molecular weight is 343 g/mol. The Balaban J connectivity index is 1.68. The van der Waals surface area contributed by atoms with Crippen LogP contribution < -0.4 is 5.32 Å². The summed E-state index contributed by atoms with van der Waals surface area (Å²) in [4.78, 5) is 12.9. The number of hydrogen-bond donors (Lipinski definition) is 1. The minimum atomic E-state index is -3.32. The Morgan fingerprint density at radius 2 is 1.83 bits per heavy atom. The molecule has 0 saturated heterocycles. The number of carbonyl (C=O) groups excluding carboxylic acids is 1. The minimum Gasteiger partial charge on any atom is -0.344 e. The molecule has 0 spiro atoms. The number of benzene rings is 2. The number of carbonyl (C=O) groups is 1. The van der Waals surface area contributed by atoms with Gasteiger partial charge in [0, 0.05) is 15.5 Å². The van der Waals surface area contributed by atoms with Gasteiger partial charge in [-0.3, -0.25) is 4.79 Å². The van der Waals surface area contributed by atoms with Crippen LogP contribution in [0.25, 0.3) is 10.1 Å². The predicted octanol–water partition coefficient (Wildman–Crippen LogP) is 3.16. The molecule has 2 heterocycles. The lowest BCUT2D eigenvalue weighted by atomic mass is 10.1. The summed E-state index contributed by atoms with van der Waals surface area (Å²) in [7, 11) is -3.32. The fourth-order valence-electron chi connectivity index (χ4n) is 2.96. The van der Waals surface area contributed by atoms with Crippen molar-refractivity contribution >= 4 is 37.2 Å². The van der Waals surface area contributed by atoms with Crippen LogP contribution in [0.2, 0.25) is 0 Å². The lowest BCUT2D eigenvalue weighted by molar-refractivity contribution is 0.0943. The zero-order valence-corrected chi connectivity index (χ0v) is 13.7. The van der Waals surface area contributed by atoms with Crippen molar-refractivity contribution in [3.05, 3.63) is 65.0 Å². The first-order chi connectivity index (χ1) is 11.1. The van der Waals surface area contributed by atoms with E-state index in [1.165, 1.54) is 11.3 Å². The predicted molar refractivity (Wildman–Crippen MR) is 90.5 cm³/mol. The van der Waals surface area contributed by atoms with Gasteiger partial charge in [-0.15, -0.1) is 11.3 Å². The Kier molecular flexibility index (Phi) is 3.25. The van der Waals surface area contributed by atoms with Crippen molar-refractivity contribution in [2.75, 3.05) is 5.75 Å². The molecule has 0 unspecified atom stereocenters. The third-order valence-corrected chi connectivity index (χ3v) is 6.82. The van der Waals surface area contributed by atoms with Crippen LogP contribution in [0.1, 0.15) is 22.0 Å². The van der Waals surface area contributed by atoms with Gasteiger partial charge in [0.15, 0.2) is 9.84 Å². The highest BCUT2D eigenvalue weighted by Gasteiger charge is 2.35. The van der Waals surface area contributed by atoms with Gasteiger partial charge in [0.05, 0.1) is 22.3 Å². The molecular formula is C17H13NO3S2. The topological polar surface area (TPSA) is 63.2 Å². The third-order valence-electron chi connectivity index (χ3n) is 4.05. The van der Waals surface area contributed by atoms with Gasteiger partial charge in [-0.05, 0) is 17.7 Å². The van der Waals surface area contributed by atoms with Crippen LogP contribution in [-0.4, -0.2) is 20.1 Å². The second-order valence-corrected chi connectivity index (χ2v) is 8.40. The van der Waals surface area contributed by atoms with Crippen LogP contribution >= 0.6 is 11.3 Å². The average Bonchev–Trinajstić information content (AvgIpc) is 3.08. The van der Waals surface area contributed by atoms with E-state index in [0.717, 1.165) is 10.1 Å². The normalized spacial score (nSPS) is 18.7. The first-order valence-corrected chi connectivity index (χ1v) is 9.68. The second-order valence-electron chi connectivity index (χ2n) is 5.49. The highest BCUT2D eigenvalue weighted by Crippen LogP contribution is 2.34. The van der Waals surface area contributed by atoms with Crippen molar-refractivity contribution in [2.45, 2.75) is 10.9 Å². The molecule has 1 aromatic heterocycles. The first kappa shape index (κ1) is 14.4. The molecule has 0 bridgehead atoms. The Morgan fingerprint density at radius 1 is 1.09 bits per heavy atom. The molecular weight excluding hydrogens is 330 g/mol. The zero-order valence-electron chi connectivity index (χ0n) is 12.0. The summed E-state index contributed by atoms with van der Waals surface area (Å²) < 4.78 is 25.4. The van der Waals surface area contributed by atoms with Gasteiger partial charge < -0.3 is 5.32 Å². The molecule has 0 fully saturated rings. The molecule has 0 saturated carbocycles. The van der Waals surface area contributed by atoms with Gasteiger partial charge in [0.25, 0.3) is 5.91 Å².